The minimum absolute atomic E-state index is 0.00823. The predicted molar refractivity (Wildman–Crippen MR) is 90.5 cm³/mol. The van der Waals surface area contributed by atoms with Crippen LogP contribution < -0.4 is 0 Å². The Kier molecular flexibility index (Phi) is 3.58. The van der Waals surface area contributed by atoms with Gasteiger partial charge in [-0.05, 0) is 41.2 Å². The lowest BCUT2D eigenvalue weighted by Gasteiger charge is -2.33. The molecule has 0 aromatic heterocycles. The molecule has 2 aromatic rings. The van der Waals surface area contributed by atoms with Crippen LogP contribution in [0.15, 0.2) is 58.6 Å². The highest BCUT2D eigenvalue weighted by molar-refractivity contribution is 9.10. The summed E-state index contributed by atoms with van der Waals surface area (Å²) in [6, 6.07) is 16.0. The van der Waals surface area contributed by atoms with Crippen molar-refractivity contribution in [3.8, 4) is 0 Å². The van der Waals surface area contributed by atoms with Gasteiger partial charge in [-0.3, -0.25) is 4.79 Å². The molecule has 0 spiro atoms. The molecule has 0 saturated carbocycles. The van der Waals surface area contributed by atoms with E-state index in [2.05, 4.69) is 35.8 Å². The van der Waals surface area contributed by atoms with Crippen LogP contribution in [0.4, 0.5) is 0 Å². The average Bonchev–Trinajstić information content (AvgIpc) is 2.47. The molecule has 0 fully saturated rings. The lowest BCUT2D eigenvalue weighted by atomic mass is 9.70. The first-order chi connectivity index (χ1) is 9.97. The first-order valence-electron chi connectivity index (χ1n) is 7.08. The number of hydrogen-bond acceptors (Lipinski definition) is 1. The summed E-state index contributed by atoms with van der Waals surface area (Å²) in [6.45, 7) is 4.40. The molecule has 3 rings (SSSR count). The Bertz CT molecular complexity index is 723. The first-order valence-corrected chi connectivity index (χ1v) is 7.87. The van der Waals surface area contributed by atoms with Gasteiger partial charge in [0, 0.05) is 15.6 Å². The Morgan fingerprint density at radius 2 is 1.71 bits per heavy atom. The van der Waals surface area contributed by atoms with E-state index in [1.165, 1.54) is 0 Å². The summed E-state index contributed by atoms with van der Waals surface area (Å²) < 4.78 is 1.05. The van der Waals surface area contributed by atoms with Crippen LogP contribution in [-0.4, -0.2) is 5.78 Å². The molecule has 0 aliphatic heterocycles. The third kappa shape index (κ3) is 2.73. The van der Waals surface area contributed by atoms with Crippen molar-refractivity contribution >= 4 is 27.8 Å². The molecule has 0 saturated heterocycles. The summed E-state index contributed by atoms with van der Waals surface area (Å²) in [5, 5.41) is 0. The van der Waals surface area contributed by atoms with Gasteiger partial charge in [0.15, 0.2) is 5.78 Å². The zero-order valence-corrected chi connectivity index (χ0v) is 13.8. The molecule has 2 aromatic carbocycles. The summed E-state index contributed by atoms with van der Waals surface area (Å²) in [5.74, 6) is 0.160. The average molecular weight is 341 g/mol. The summed E-state index contributed by atoms with van der Waals surface area (Å²) >= 11 is 3.43. The van der Waals surface area contributed by atoms with Gasteiger partial charge in [0.1, 0.15) is 0 Å². The number of rotatable bonds is 1. The molecule has 0 N–H and O–H groups in total. The van der Waals surface area contributed by atoms with Crippen LogP contribution in [0.25, 0.3) is 6.08 Å². The van der Waals surface area contributed by atoms with Crippen molar-refractivity contribution in [1.82, 2.24) is 0 Å². The molecule has 0 amide bonds. The van der Waals surface area contributed by atoms with Crippen LogP contribution in [0.5, 0.6) is 0 Å². The Labute approximate surface area is 133 Å². The van der Waals surface area contributed by atoms with E-state index in [4.69, 9.17) is 0 Å². The van der Waals surface area contributed by atoms with Crippen molar-refractivity contribution in [3.63, 3.8) is 0 Å². The molecule has 0 unspecified atom stereocenters. The van der Waals surface area contributed by atoms with E-state index in [9.17, 15) is 4.79 Å². The maximum atomic E-state index is 12.7. The van der Waals surface area contributed by atoms with Crippen molar-refractivity contribution < 1.29 is 4.79 Å². The fraction of sp³-hybridized carbons (Fsp3) is 0.211. The van der Waals surface area contributed by atoms with Crippen molar-refractivity contribution in [2.24, 2.45) is 0 Å². The number of hydrogen-bond donors (Lipinski definition) is 0. The molecule has 1 aliphatic rings. The summed E-state index contributed by atoms with van der Waals surface area (Å²) in [5.41, 5.74) is 3.95. The Morgan fingerprint density at radius 3 is 2.43 bits per heavy atom. The molecule has 1 aliphatic carbocycles. The topological polar surface area (TPSA) is 17.1 Å². The monoisotopic (exact) mass is 340 g/mol. The van der Waals surface area contributed by atoms with E-state index in [0.717, 1.165) is 33.2 Å². The number of carbonyl (C=O) groups is 1. The van der Waals surface area contributed by atoms with Gasteiger partial charge in [-0.25, -0.2) is 0 Å². The fourth-order valence-electron chi connectivity index (χ4n) is 2.97. The minimum atomic E-state index is -0.00823. The van der Waals surface area contributed by atoms with Crippen molar-refractivity contribution in [2.75, 3.05) is 0 Å². The van der Waals surface area contributed by atoms with E-state index in [0.29, 0.717) is 0 Å². The number of halogens is 1. The smallest absolute Gasteiger partial charge is 0.189 e. The molecule has 21 heavy (non-hydrogen) atoms. The number of Topliss-reactive ketones (excluding diaryl/α,β-unsaturated/α-hetero) is 1. The number of carbonyl (C=O) groups excluding carboxylic acids is 1. The molecule has 0 radical (unpaired) electrons. The third-order valence-corrected chi connectivity index (χ3v) is 4.56. The van der Waals surface area contributed by atoms with Gasteiger partial charge in [0.2, 0.25) is 0 Å². The van der Waals surface area contributed by atoms with Crippen molar-refractivity contribution in [3.05, 3.63) is 75.3 Å². The van der Waals surface area contributed by atoms with Gasteiger partial charge in [0.05, 0.1) is 0 Å². The zero-order valence-electron chi connectivity index (χ0n) is 12.2. The van der Waals surface area contributed by atoms with E-state index in [-0.39, 0.29) is 11.2 Å². The molecule has 1 nitrogen and oxygen atoms in total. The predicted octanol–water partition coefficient (Wildman–Crippen LogP) is 5.40. The second-order valence-corrected chi connectivity index (χ2v) is 7.07. The molecule has 0 atom stereocenters. The number of allylic oxidation sites excluding steroid dienone is 1. The van der Waals surface area contributed by atoms with Gasteiger partial charge >= 0.3 is 0 Å². The standard InChI is InChI=1S/C19H17BrO/c1-19(2)12-14(11-13-7-9-15(20)10-8-13)18(21)16-5-3-4-6-17(16)19/h3-11H,12H2,1-2H3. The van der Waals surface area contributed by atoms with E-state index in [1.807, 2.05) is 48.5 Å². The second kappa shape index (κ2) is 5.27. The summed E-state index contributed by atoms with van der Waals surface area (Å²) in [7, 11) is 0. The van der Waals surface area contributed by atoms with Crippen LogP contribution >= 0.6 is 15.9 Å². The minimum Gasteiger partial charge on any atom is -0.289 e. The SMILES string of the molecule is CC1(C)CC(=Cc2ccc(Br)cc2)C(=O)c2ccccc21. The quantitative estimate of drug-likeness (QED) is 0.635. The van der Waals surface area contributed by atoms with Crippen LogP contribution in [-0.2, 0) is 5.41 Å². The number of ketones is 1. The Morgan fingerprint density at radius 1 is 1.05 bits per heavy atom. The lowest BCUT2D eigenvalue weighted by molar-refractivity contribution is 0.101. The third-order valence-electron chi connectivity index (χ3n) is 4.04. The highest BCUT2D eigenvalue weighted by Crippen LogP contribution is 2.39. The van der Waals surface area contributed by atoms with Crippen molar-refractivity contribution in [2.45, 2.75) is 25.7 Å². The molecule has 2 heteroatoms. The number of fused-ring (bicyclic) bond motifs is 1. The van der Waals surface area contributed by atoms with Crippen LogP contribution in [0.3, 0.4) is 0 Å². The van der Waals surface area contributed by atoms with Crippen LogP contribution in [0.2, 0.25) is 0 Å². The maximum Gasteiger partial charge on any atom is 0.189 e. The van der Waals surface area contributed by atoms with Gasteiger partial charge < -0.3 is 0 Å². The van der Waals surface area contributed by atoms with Crippen molar-refractivity contribution in [1.29, 1.82) is 0 Å². The maximum absolute atomic E-state index is 12.7. The highest BCUT2D eigenvalue weighted by Gasteiger charge is 2.34. The first kappa shape index (κ1) is 14.3. The van der Waals surface area contributed by atoms with Crippen LogP contribution in [0, 0.1) is 0 Å². The van der Waals surface area contributed by atoms with E-state index < -0.39 is 0 Å². The largest absolute Gasteiger partial charge is 0.289 e. The zero-order chi connectivity index (χ0) is 15.0. The van der Waals surface area contributed by atoms with Crippen LogP contribution in [0.1, 0.15) is 41.8 Å². The van der Waals surface area contributed by atoms with Gasteiger partial charge in [-0.1, -0.05) is 66.2 Å². The molecule has 0 bridgehead atoms. The highest BCUT2D eigenvalue weighted by atomic mass is 79.9. The summed E-state index contributed by atoms with van der Waals surface area (Å²) in [4.78, 5) is 12.7. The van der Waals surface area contributed by atoms with E-state index >= 15 is 0 Å². The van der Waals surface area contributed by atoms with Gasteiger partial charge in [0.25, 0.3) is 0 Å². The molecule has 106 valence electrons. The Balaban J connectivity index is 2.06. The van der Waals surface area contributed by atoms with Gasteiger partial charge in [-0.2, -0.15) is 0 Å². The van der Waals surface area contributed by atoms with Gasteiger partial charge in [-0.15, -0.1) is 0 Å². The number of benzene rings is 2. The molecule has 0 heterocycles. The fourth-order valence-corrected chi connectivity index (χ4v) is 3.24. The lowest BCUT2D eigenvalue weighted by Crippen LogP contribution is -2.29. The Hall–Kier alpha value is -1.67. The summed E-state index contributed by atoms with van der Waals surface area (Å²) in [6.07, 6.45) is 2.80. The normalized spacial score (nSPS) is 18.6. The van der Waals surface area contributed by atoms with E-state index in [1.54, 1.807) is 0 Å². The molecular formula is C19H17BrO. The molecular weight excluding hydrogens is 324 g/mol. The second-order valence-electron chi connectivity index (χ2n) is 6.16.